The standard InChI is InChI=1S/C9H13Br3/c10-6-8-3-1-7(2-4-8)5-9(11)12/h5,7-8H,1-4,6H2. The van der Waals surface area contributed by atoms with Gasteiger partial charge in [0.1, 0.15) is 0 Å². The van der Waals surface area contributed by atoms with Crippen LogP contribution in [-0.2, 0) is 0 Å². The quantitative estimate of drug-likeness (QED) is 0.619. The van der Waals surface area contributed by atoms with Crippen LogP contribution in [0.2, 0.25) is 0 Å². The maximum absolute atomic E-state index is 3.55. The average molecular weight is 361 g/mol. The molecule has 0 aromatic carbocycles. The molecule has 1 aliphatic rings. The molecule has 0 unspecified atom stereocenters. The molecule has 1 saturated carbocycles. The van der Waals surface area contributed by atoms with E-state index in [4.69, 9.17) is 0 Å². The molecule has 0 bridgehead atoms. The average Bonchev–Trinajstić information content (AvgIpc) is 2.05. The smallest absolute Gasteiger partial charge is 0.0567 e. The molecule has 0 saturated heterocycles. The predicted octanol–water partition coefficient (Wildman–Crippen LogP) is 4.82. The van der Waals surface area contributed by atoms with Crippen molar-refractivity contribution in [1.82, 2.24) is 0 Å². The normalized spacial score (nSPS) is 29.9. The Morgan fingerprint density at radius 1 is 1.17 bits per heavy atom. The van der Waals surface area contributed by atoms with Crippen LogP contribution < -0.4 is 0 Å². The van der Waals surface area contributed by atoms with Gasteiger partial charge in [-0.15, -0.1) is 0 Å². The van der Waals surface area contributed by atoms with Gasteiger partial charge in [0.2, 0.25) is 0 Å². The molecule has 0 aromatic rings. The lowest BCUT2D eigenvalue weighted by Gasteiger charge is -2.25. The fraction of sp³-hybridized carbons (Fsp3) is 0.778. The maximum Gasteiger partial charge on any atom is 0.0567 e. The van der Waals surface area contributed by atoms with Gasteiger partial charge in [0.05, 0.1) is 3.39 Å². The second kappa shape index (κ2) is 5.82. The number of alkyl halides is 1. The van der Waals surface area contributed by atoms with Crippen LogP contribution >= 0.6 is 47.8 Å². The summed E-state index contributed by atoms with van der Waals surface area (Å²) in [5.74, 6) is 1.71. The van der Waals surface area contributed by atoms with E-state index in [1.807, 2.05) is 0 Å². The number of hydrogen-bond donors (Lipinski definition) is 0. The fourth-order valence-corrected chi connectivity index (χ4v) is 3.08. The number of allylic oxidation sites excluding steroid dienone is 1. The number of rotatable bonds is 2. The van der Waals surface area contributed by atoms with Gasteiger partial charge in [0.25, 0.3) is 0 Å². The molecule has 70 valence electrons. The Bertz CT molecular complexity index is 153. The Morgan fingerprint density at radius 2 is 1.75 bits per heavy atom. The van der Waals surface area contributed by atoms with Crippen molar-refractivity contribution >= 4 is 47.8 Å². The largest absolute Gasteiger partial charge is 0.0925 e. The van der Waals surface area contributed by atoms with Crippen molar-refractivity contribution < 1.29 is 0 Å². The molecular formula is C9H13Br3. The second-order valence-corrected chi connectivity index (χ2v) is 6.81. The molecule has 12 heavy (non-hydrogen) atoms. The van der Waals surface area contributed by atoms with Crippen molar-refractivity contribution in [2.24, 2.45) is 11.8 Å². The topological polar surface area (TPSA) is 0 Å². The van der Waals surface area contributed by atoms with Gasteiger partial charge >= 0.3 is 0 Å². The van der Waals surface area contributed by atoms with Gasteiger partial charge in [-0.1, -0.05) is 22.0 Å². The van der Waals surface area contributed by atoms with Crippen LogP contribution in [0, 0.1) is 11.8 Å². The summed E-state index contributed by atoms with van der Waals surface area (Å²) in [7, 11) is 0. The summed E-state index contributed by atoms with van der Waals surface area (Å²) in [6.45, 7) is 0. The first kappa shape index (κ1) is 11.3. The van der Waals surface area contributed by atoms with Crippen molar-refractivity contribution in [2.75, 3.05) is 5.33 Å². The van der Waals surface area contributed by atoms with Crippen LogP contribution in [0.1, 0.15) is 25.7 Å². The Morgan fingerprint density at radius 3 is 2.17 bits per heavy atom. The third kappa shape index (κ3) is 3.93. The Hall–Kier alpha value is 1.18. The number of halogens is 3. The molecular weight excluding hydrogens is 348 g/mol. The van der Waals surface area contributed by atoms with Crippen LogP contribution in [-0.4, -0.2) is 5.33 Å². The molecule has 1 fully saturated rings. The lowest BCUT2D eigenvalue weighted by atomic mass is 9.83. The summed E-state index contributed by atoms with van der Waals surface area (Å²) in [4.78, 5) is 0. The Balaban J connectivity index is 2.31. The van der Waals surface area contributed by atoms with Crippen LogP contribution in [0.15, 0.2) is 9.47 Å². The van der Waals surface area contributed by atoms with Crippen LogP contribution in [0.3, 0.4) is 0 Å². The third-order valence-corrected chi connectivity index (χ3v) is 3.92. The molecule has 0 radical (unpaired) electrons. The zero-order valence-electron chi connectivity index (χ0n) is 6.90. The minimum Gasteiger partial charge on any atom is -0.0925 e. The fourth-order valence-electron chi connectivity index (χ4n) is 1.69. The highest BCUT2D eigenvalue weighted by Gasteiger charge is 2.18. The molecule has 0 nitrogen and oxygen atoms in total. The molecule has 0 atom stereocenters. The third-order valence-electron chi connectivity index (χ3n) is 2.47. The first-order chi connectivity index (χ1) is 5.72. The summed E-state index contributed by atoms with van der Waals surface area (Å²) >= 11 is 10.4. The van der Waals surface area contributed by atoms with Gasteiger partial charge in [0.15, 0.2) is 0 Å². The van der Waals surface area contributed by atoms with Crippen molar-refractivity contribution in [3.8, 4) is 0 Å². The summed E-state index contributed by atoms with van der Waals surface area (Å²) in [6.07, 6.45) is 7.72. The van der Waals surface area contributed by atoms with E-state index in [9.17, 15) is 0 Å². The van der Waals surface area contributed by atoms with Crippen molar-refractivity contribution in [2.45, 2.75) is 25.7 Å². The van der Waals surface area contributed by atoms with Gasteiger partial charge < -0.3 is 0 Å². The Labute approximate surface area is 99.6 Å². The maximum atomic E-state index is 3.55. The highest BCUT2D eigenvalue weighted by molar-refractivity contribution is 9.28. The molecule has 1 aliphatic carbocycles. The molecule has 0 heterocycles. The van der Waals surface area contributed by atoms with E-state index >= 15 is 0 Å². The van der Waals surface area contributed by atoms with E-state index < -0.39 is 0 Å². The molecule has 0 aliphatic heterocycles. The highest BCUT2D eigenvalue weighted by Crippen LogP contribution is 2.32. The van der Waals surface area contributed by atoms with E-state index in [1.165, 1.54) is 31.0 Å². The van der Waals surface area contributed by atoms with E-state index in [1.54, 1.807) is 0 Å². The summed E-state index contributed by atoms with van der Waals surface area (Å²) < 4.78 is 1.11. The van der Waals surface area contributed by atoms with Gasteiger partial charge in [-0.3, -0.25) is 0 Å². The van der Waals surface area contributed by atoms with Crippen molar-refractivity contribution in [3.05, 3.63) is 9.47 Å². The summed E-state index contributed by atoms with van der Waals surface area (Å²) in [5.41, 5.74) is 0. The molecule has 0 N–H and O–H groups in total. The number of hydrogen-bond acceptors (Lipinski definition) is 0. The first-order valence-corrected chi connectivity index (χ1v) is 7.02. The highest BCUT2D eigenvalue weighted by atomic mass is 79.9. The zero-order valence-corrected chi connectivity index (χ0v) is 11.7. The van der Waals surface area contributed by atoms with E-state index in [2.05, 4.69) is 53.9 Å². The van der Waals surface area contributed by atoms with E-state index in [-0.39, 0.29) is 0 Å². The van der Waals surface area contributed by atoms with Gasteiger partial charge in [-0.05, 0) is 69.4 Å². The van der Waals surface area contributed by atoms with Crippen LogP contribution in [0.5, 0.6) is 0 Å². The Kier molecular flexibility index (Phi) is 5.45. The predicted molar refractivity (Wildman–Crippen MR) is 65.2 cm³/mol. The van der Waals surface area contributed by atoms with Crippen LogP contribution in [0.4, 0.5) is 0 Å². The zero-order chi connectivity index (χ0) is 8.97. The van der Waals surface area contributed by atoms with Crippen LogP contribution in [0.25, 0.3) is 0 Å². The molecule has 1 rings (SSSR count). The lowest BCUT2D eigenvalue weighted by molar-refractivity contribution is 0.336. The van der Waals surface area contributed by atoms with Crippen molar-refractivity contribution in [3.63, 3.8) is 0 Å². The summed E-state index contributed by atoms with van der Waals surface area (Å²) in [5, 5.41) is 1.18. The molecule has 0 amide bonds. The summed E-state index contributed by atoms with van der Waals surface area (Å²) in [6, 6.07) is 0. The van der Waals surface area contributed by atoms with Gasteiger partial charge in [-0.25, -0.2) is 0 Å². The minimum atomic E-state index is 0.786. The van der Waals surface area contributed by atoms with Gasteiger partial charge in [0, 0.05) is 5.33 Å². The van der Waals surface area contributed by atoms with Gasteiger partial charge in [-0.2, -0.15) is 0 Å². The molecule has 0 spiro atoms. The van der Waals surface area contributed by atoms with E-state index in [0.717, 1.165) is 15.2 Å². The van der Waals surface area contributed by atoms with E-state index in [0.29, 0.717) is 0 Å². The first-order valence-electron chi connectivity index (χ1n) is 4.31. The molecule has 0 aromatic heterocycles. The monoisotopic (exact) mass is 358 g/mol. The second-order valence-electron chi connectivity index (χ2n) is 3.39. The molecule has 3 heteroatoms. The lowest BCUT2D eigenvalue weighted by Crippen LogP contribution is -2.13. The van der Waals surface area contributed by atoms with Crippen molar-refractivity contribution in [1.29, 1.82) is 0 Å². The minimum absolute atomic E-state index is 0.786. The SMILES string of the molecule is BrCC1CCC(C=C(Br)Br)CC1.